The number of para-hydroxylation sites is 2. The molecule has 0 aliphatic carbocycles. The highest BCUT2D eigenvalue weighted by atomic mass is 35.5. The van der Waals surface area contributed by atoms with Gasteiger partial charge in [-0.05, 0) is 24.3 Å². The van der Waals surface area contributed by atoms with E-state index in [0.29, 0.717) is 0 Å². The second kappa shape index (κ2) is 6.77. The summed E-state index contributed by atoms with van der Waals surface area (Å²) in [5.41, 5.74) is -0.228. The van der Waals surface area contributed by atoms with Gasteiger partial charge in [0.2, 0.25) is 0 Å². The highest BCUT2D eigenvalue weighted by Gasteiger charge is 2.19. The molecule has 0 spiro atoms. The minimum atomic E-state index is -0.560. The summed E-state index contributed by atoms with van der Waals surface area (Å²) in [7, 11) is 0. The minimum absolute atomic E-state index is 0.0523. The zero-order valence-corrected chi connectivity index (χ0v) is 11.2. The van der Waals surface area contributed by atoms with E-state index in [4.69, 9.17) is 21.1 Å². The lowest BCUT2D eigenvalue weighted by Crippen LogP contribution is -2.10. The SMILES string of the molecule is O=[N+]([O-])c1c(Cl)cccc1OCCOc1ccccc1. The predicted molar refractivity (Wildman–Crippen MR) is 75.5 cm³/mol. The third-order valence-electron chi connectivity index (χ3n) is 2.49. The number of nitro groups is 1. The monoisotopic (exact) mass is 293 g/mol. The van der Waals surface area contributed by atoms with Crippen molar-refractivity contribution in [3.8, 4) is 11.5 Å². The summed E-state index contributed by atoms with van der Waals surface area (Å²) in [4.78, 5) is 10.3. The van der Waals surface area contributed by atoms with E-state index in [1.165, 1.54) is 12.1 Å². The van der Waals surface area contributed by atoms with Gasteiger partial charge in [-0.3, -0.25) is 10.1 Å². The second-order valence-electron chi connectivity index (χ2n) is 3.85. The molecule has 0 radical (unpaired) electrons. The van der Waals surface area contributed by atoms with Gasteiger partial charge in [-0.2, -0.15) is 0 Å². The standard InChI is InChI=1S/C14H12ClNO4/c15-12-7-4-8-13(14(12)16(17)18)20-10-9-19-11-5-2-1-3-6-11/h1-8H,9-10H2. The molecule has 0 fully saturated rings. The van der Waals surface area contributed by atoms with E-state index in [1.807, 2.05) is 30.3 Å². The Morgan fingerprint density at radius 1 is 1.00 bits per heavy atom. The largest absolute Gasteiger partial charge is 0.490 e. The van der Waals surface area contributed by atoms with Crippen molar-refractivity contribution in [2.45, 2.75) is 0 Å². The number of benzene rings is 2. The van der Waals surface area contributed by atoms with Crippen molar-refractivity contribution in [2.75, 3.05) is 13.2 Å². The molecule has 6 heteroatoms. The molecule has 0 amide bonds. The summed E-state index contributed by atoms with van der Waals surface area (Å²) in [6.07, 6.45) is 0. The Hall–Kier alpha value is -2.27. The molecule has 20 heavy (non-hydrogen) atoms. The van der Waals surface area contributed by atoms with E-state index >= 15 is 0 Å². The molecule has 104 valence electrons. The second-order valence-corrected chi connectivity index (χ2v) is 4.26. The van der Waals surface area contributed by atoms with Crippen LogP contribution in [0.25, 0.3) is 0 Å². The number of nitro benzene ring substituents is 1. The van der Waals surface area contributed by atoms with E-state index in [9.17, 15) is 10.1 Å². The maximum atomic E-state index is 10.9. The molecular weight excluding hydrogens is 282 g/mol. The fraction of sp³-hybridized carbons (Fsp3) is 0.143. The van der Waals surface area contributed by atoms with Crippen molar-refractivity contribution in [1.82, 2.24) is 0 Å². The molecule has 5 nitrogen and oxygen atoms in total. The zero-order chi connectivity index (χ0) is 14.4. The highest BCUT2D eigenvalue weighted by molar-refractivity contribution is 6.32. The number of hydrogen-bond acceptors (Lipinski definition) is 4. The highest BCUT2D eigenvalue weighted by Crippen LogP contribution is 2.34. The average molecular weight is 294 g/mol. The van der Waals surface area contributed by atoms with Crippen LogP contribution in [0.1, 0.15) is 0 Å². The first kappa shape index (κ1) is 14.1. The molecule has 0 unspecified atom stereocenters. The first-order valence-electron chi connectivity index (χ1n) is 5.92. The van der Waals surface area contributed by atoms with Crippen LogP contribution in [0.3, 0.4) is 0 Å². The lowest BCUT2D eigenvalue weighted by atomic mass is 10.3. The first-order valence-corrected chi connectivity index (χ1v) is 6.30. The van der Waals surface area contributed by atoms with Crippen LogP contribution in [-0.2, 0) is 0 Å². The normalized spacial score (nSPS) is 10.1. The Kier molecular flexibility index (Phi) is 4.79. The number of rotatable bonds is 6. The van der Waals surface area contributed by atoms with Crippen molar-refractivity contribution in [2.24, 2.45) is 0 Å². The minimum Gasteiger partial charge on any atom is -0.490 e. The third-order valence-corrected chi connectivity index (χ3v) is 2.79. The predicted octanol–water partition coefficient (Wildman–Crippen LogP) is 3.71. The lowest BCUT2D eigenvalue weighted by Gasteiger charge is -2.09. The van der Waals surface area contributed by atoms with Crippen LogP contribution in [-0.4, -0.2) is 18.1 Å². The van der Waals surface area contributed by atoms with Crippen molar-refractivity contribution >= 4 is 17.3 Å². The Labute approximate surface area is 120 Å². The van der Waals surface area contributed by atoms with Gasteiger partial charge < -0.3 is 9.47 Å². The van der Waals surface area contributed by atoms with Crippen molar-refractivity contribution < 1.29 is 14.4 Å². The molecule has 0 atom stereocenters. The first-order chi connectivity index (χ1) is 9.68. The summed E-state index contributed by atoms with van der Waals surface area (Å²) < 4.78 is 10.8. The zero-order valence-electron chi connectivity index (χ0n) is 10.5. The van der Waals surface area contributed by atoms with E-state index in [-0.39, 0.29) is 29.7 Å². The quantitative estimate of drug-likeness (QED) is 0.463. The Morgan fingerprint density at radius 3 is 2.40 bits per heavy atom. The maximum Gasteiger partial charge on any atom is 0.329 e. The van der Waals surface area contributed by atoms with Gasteiger partial charge in [0.1, 0.15) is 24.0 Å². The summed E-state index contributed by atoms with van der Waals surface area (Å²) in [5.74, 6) is 0.857. The molecule has 2 rings (SSSR count). The van der Waals surface area contributed by atoms with Crippen molar-refractivity contribution in [1.29, 1.82) is 0 Å². The molecule has 2 aromatic rings. The smallest absolute Gasteiger partial charge is 0.329 e. The fourth-order valence-electron chi connectivity index (χ4n) is 1.62. The van der Waals surface area contributed by atoms with Gasteiger partial charge in [0.05, 0.1) is 4.92 Å². The van der Waals surface area contributed by atoms with E-state index in [0.717, 1.165) is 5.75 Å². The number of hydrogen-bond donors (Lipinski definition) is 0. The lowest BCUT2D eigenvalue weighted by molar-refractivity contribution is -0.385. The van der Waals surface area contributed by atoms with Crippen LogP contribution < -0.4 is 9.47 Å². The van der Waals surface area contributed by atoms with Gasteiger partial charge >= 0.3 is 5.69 Å². The molecule has 0 saturated carbocycles. The fourth-order valence-corrected chi connectivity index (χ4v) is 1.85. The molecule has 0 heterocycles. The van der Waals surface area contributed by atoms with Crippen molar-refractivity contribution in [3.63, 3.8) is 0 Å². The molecule has 0 aliphatic rings. The molecule has 0 aromatic heterocycles. The van der Waals surface area contributed by atoms with Crippen LogP contribution in [0.4, 0.5) is 5.69 Å². The summed E-state index contributed by atoms with van der Waals surface area (Å²) in [6.45, 7) is 0.476. The Bertz CT molecular complexity index is 589. The van der Waals surface area contributed by atoms with Gasteiger partial charge in [-0.25, -0.2) is 0 Å². The van der Waals surface area contributed by atoms with Crippen LogP contribution in [0.2, 0.25) is 5.02 Å². The molecular formula is C14H12ClNO4. The van der Waals surface area contributed by atoms with Crippen molar-refractivity contribution in [3.05, 3.63) is 63.7 Å². The number of halogens is 1. The topological polar surface area (TPSA) is 61.6 Å². The molecule has 0 saturated heterocycles. The van der Waals surface area contributed by atoms with E-state index < -0.39 is 4.92 Å². The van der Waals surface area contributed by atoms with Gasteiger partial charge in [-0.1, -0.05) is 35.9 Å². The maximum absolute atomic E-state index is 10.9. The van der Waals surface area contributed by atoms with E-state index in [1.54, 1.807) is 6.07 Å². The Morgan fingerprint density at radius 2 is 1.70 bits per heavy atom. The van der Waals surface area contributed by atoms with Gasteiger partial charge in [-0.15, -0.1) is 0 Å². The molecule has 0 aliphatic heterocycles. The van der Waals surface area contributed by atoms with Gasteiger partial charge in [0, 0.05) is 0 Å². The number of ether oxygens (including phenoxy) is 2. The summed E-state index contributed by atoms with van der Waals surface area (Å²) in [6, 6.07) is 13.8. The van der Waals surface area contributed by atoms with Crippen LogP contribution in [0.5, 0.6) is 11.5 Å². The van der Waals surface area contributed by atoms with Gasteiger partial charge in [0.25, 0.3) is 0 Å². The van der Waals surface area contributed by atoms with Crippen LogP contribution in [0.15, 0.2) is 48.5 Å². The molecule has 0 N–H and O–H groups in total. The van der Waals surface area contributed by atoms with Gasteiger partial charge in [0.15, 0.2) is 5.75 Å². The third kappa shape index (κ3) is 3.61. The summed E-state index contributed by atoms with van der Waals surface area (Å²) in [5, 5.41) is 11.0. The number of nitrogens with zero attached hydrogens (tertiary/aromatic N) is 1. The van der Waals surface area contributed by atoms with E-state index in [2.05, 4.69) is 0 Å². The molecule has 2 aromatic carbocycles. The van der Waals surface area contributed by atoms with Crippen LogP contribution in [0, 0.1) is 10.1 Å². The van der Waals surface area contributed by atoms with Crippen LogP contribution >= 0.6 is 11.6 Å². The Balaban J connectivity index is 1.92. The summed E-state index contributed by atoms with van der Waals surface area (Å²) >= 11 is 5.78. The average Bonchev–Trinajstić information content (AvgIpc) is 2.44. The molecule has 0 bridgehead atoms.